The minimum Gasteiger partial charge on any atom is -0.321 e. The van der Waals surface area contributed by atoms with Gasteiger partial charge < -0.3 is 10.3 Å². The lowest BCUT2D eigenvalue weighted by Crippen LogP contribution is -2.23. The number of hydrogen-bond acceptors (Lipinski definition) is 3. The summed E-state index contributed by atoms with van der Waals surface area (Å²) in [6, 6.07) is 4.19. The molecular formula is C14H22N4. The zero-order valence-electron chi connectivity index (χ0n) is 11.6. The van der Waals surface area contributed by atoms with Gasteiger partial charge >= 0.3 is 0 Å². The zero-order valence-corrected chi connectivity index (χ0v) is 11.6. The van der Waals surface area contributed by atoms with Crippen molar-refractivity contribution in [1.82, 2.24) is 14.5 Å². The van der Waals surface area contributed by atoms with Crippen molar-refractivity contribution in [3.63, 3.8) is 0 Å². The fourth-order valence-electron chi connectivity index (χ4n) is 2.20. The van der Waals surface area contributed by atoms with Gasteiger partial charge in [-0.2, -0.15) is 0 Å². The second-order valence-electron chi connectivity index (χ2n) is 5.19. The van der Waals surface area contributed by atoms with Crippen LogP contribution in [0.2, 0.25) is 0 Å². The van der Waals surface area contributed by atoms with E-state index in [2.05, 4.69) is 42.2 Å². The molecule has 4 nitrogen and oxygen atoms in total. The molecule has 0 aliphatic carbocycles. The quantitative estimate of drug-likeness (QED) is 0.902. The van der Waals surface area contributed by atoms with E-state index in [9.17, 15) is 0 Å². The molecule has 4 heteroatoms. The Balaban J connectivity index is 2.59. The van der Waals surface area contributed by atoms with Crippen molar-refractivity contribution in [1.29, 1.82) is 0 Å². The first kappa shape index (κ1) is 13.0. The van der Waals surface area contributed by atoms with Crippen LogP contribution in [0.25, 0.3) is 11.2 Å². The SMILES string of the molecule is CCC(C)C(N)c1nc2cccnc2n1C(C)C. The second-order valence-corrected chi connectivity index (χ2v) is 5.19. The van der Waals surface area contributed by atoms with Crippen molar-refractivity contribution in [3.05, 3.63) is 24.2 Å². The third-order valence-corrected chi connectivity index (χ3v) is 3.55. The topological polar surface area (TPSA) is 56.7 Å². The molecule has 0 saturated heterocycles. The average Bonchev–Trinajstić information content (AvgIpc) is 2.76. The highest BCUT2D eigenvalue weighted by atomic mass is 15.2. The van der Waals surface area contributed by atoms with Gasteiger partial charge in [0, 0.05) is 12.2 Å². The summed E-state index contributed by atoms with van der Waals surface area (Å²) in [4.78, 5) is 9.11. The van der Waals surface area contributed by atoms with Gasteiger partial charge in [0.15, 0.2) is 5.65 Å². The lowest BCUT2D eigenvalue weighted by molar-refractivity contribution is 0.415. The molecule has 98 valence electrons. The molecule has 2 rings (SSSR count). The Bertz CT molecular complexity index is 530. The van der Waals surface area contributed by atoms with E-state index < -0.39 is 0 Å². The Morgan fingerprint density at radius 1 is 1.33 bits per heavy atom. The largest absolute Gasteiger partial charge is 0.321 e. The first-order chi connectivity index (χ1) is 8.56. The molecule has 0 aromatic carbocycles. The van der Waals surface area contributed by atoms with Gasteiger partial charge in [0.2, 0.25) is 0 Å². The highest BCUT2D eigenvalue weighted by Gasteiger charge is 2.22. The van der Waals surface area contributed by atoms with E-state index in [0.29, 0.717) is 12.0 Å². The van der Waals surface area contributed by atoms with Crippen molar-refractivity contribution in [2.45, 2.75) is 46.2 Å². The summed E-state index contributed by atoms with van der Waals surface area (Å²) in [5, 5.41) is 0. The summed E-state index contributed by atoms with van der Waals surface area (Å²) < 4.78 is 2.16. The number of aromatic nitrogens is 3. The van der Waals surface area contributed by atoms with Crippen molar-refractivity contribution >= 4 is 11.2 Å². The third kappa shape index (κ3) is 2.12. The minimum atomic E-state index is -0.0356. The van der Waals surface area contributed by atoms with Crippen LogP contribution in [0, 0.1) is 5.92 Å². The molecule has 0 saturated carbocycles. The van der Waals surface area contributed by atoms with Gasteiger partial charge in [-0.1, -0.05) is 20.3 Å². The van der Waals surface area contributed by atoms with Gasteiger partial charge in [0.05, 0.1) is 6.04 Å². The summed E-state index contributed by atoms with van der Waals surface area (Å²) in [5.41, 5.74) is 8.20. The van der Waals surface area contributed by atoms with E-state index in [1.807, 2.05) is 12.1 Å². The molecule has 2 unspecified atom stereocenters. The fourth-order valence-corrected chi connectivity index (χ4v) is 2.20. The van der Waals surface area contributed by atoms with Crippen LogP contribution in [-0.2, 0) is 0 Å². The molecule has 0 aliphatic rings. The van der Waals surface area contributed by atoms with Gasteiger partial charge in [-0.05, 0) is 31.9 Å². The molecule has 2 aromatic rings. The van der Waals surface area contributed by atoms with E-state index in [0.717, 1.165) is 23.4 Å². The Labute approximate surface area is 108 Å². The molecule has 0 aliphatic heterocycles. The first-order valence-corrected chi connectivity index (χ1v) is 6.64. The van der Waals surface area contributed by atoms with E-state index in [1.165, 1.54) is 0 Å². The lowest BCUT2D eigenvalue weighted by Gasteiger charge is -2.21. The molecular weight excluding hydrogens is 224 g/mol. The van der Waals surface area contributed by atoms with Crippen molar-refractivity contribution in [2.75, 3.05) is 0 Å². The first-order valence-electron chi connectivity index (χ1n) is 6.64. The van der Waals surface area contributed by atoms with Crippen LogP contribution in [0.5, 0.6) is 0 Å². The maximum atomic E-state index is 6.34. The number of imidazole rings is 1. The summed E-state index contributed by atoms with van der Waals surface area (Å²) in [7, 11) is 0. The number of rotatable bonds is 4. The Kier molecular flexibility index (Phi) is 3.66. The van der Waals surface area contributed by atoms with Crippen LogP contribution in [0.3, 0.4) is 0 Å². The zero-order chi connectivity index (χ0) is 13.3. The van der Waals surface area contributed by atoms with E-state index >= 15 is 0 Å². The number of hydrogen-bond donors (Lipinski definition) is 1. The number of fused-ring (bicyclic) bond motifs is 1. The van der Waals surface area contributed by atoms with Crippen LogP contribution < -0.4 is 5.73 Å². The minimum absolute atomic E-state index is 0.0356. The van der Waals surface area contributed by atoms with E-state index in [-0.39, 0.29) is 6.04 Å². The molecule has 0 spiro atoms. The summed E-state index contributed by atoms with van der Waals surface area (Å²) in [6.07, 6.45) is 2.86. The smallest absolute Gasteiger partial charge is 0.160 e. The molecule has 0 fully saturated rings. The van der Waals surface area contributed by atoms with E-state index in [1.54, 1.807) is 6.20 Å². The van der Waals surface area contributed by atoms with Crippen molar-refractivity contribution in [2.24, 2.45) is 11.7 Å². The Morgan fingerprint density at radius 3 is 2.67 bits per heavy atom. The summed E-state index contributed by atoms with van der Waals surface area (Å²) in [5.74, 6) is 1.37. The van der Waals surface area contributed by atoms with Gasteiger partial charge in [0.25, 0.3) is 0 Å². The Morgan fingerprint density at radius 2 is 2.06 bits per heavy atom. The molecule has 2 N–H and O–H groups in total. The van der Waals surface area contributed by atoms with Gasteiger partial charge in [0.1, 0.15) is 11.3 Å². The number of pyridine rings is 1. The predicted molar refractivity (Wildman–Crippen MR) is 74.3 cm³/mol. The average molecular weight is 246 g/mol. The third-order valence-electron chi connectivity index (χ3n) is 3.55. The number of nitrogens with two attached hydrogens (primary N) is 1. The monoisotopic (exact) mass is 246 g/mol. The maximum Gasteiger partial charge on any atom is 0.160 e. The molecule has 0 amide bonds. The van der Waals surface area contributed by atoms with Crippen LogP contribution >= 0.6 is 0 Å². The van der Waals surface area contributed by atoms with Crippen LogP contribution in [0.4, 0.5) is 0 Å². The highest BCUT2D eigenvalue weighted by molar-refractivity contribution is 5.71. The van der Waals surface area contributed by atoms with Crippen molar-refractivity contribution < 1.29 is 0 Å². The second kappa shape index (κ2) is 5.06. The van der Waals surface area contributed by atoms with Crippen LogP contribution in [0.15, 0.2) is 18.3 Å². The van der Waals surface area contributed by atoms with Crippen LogP contribution in [-0.4, -0.2) is 14.5 Å². The Hall–Kier alpha value is -1.42. The van der Waals surface area contributed by atoms with E-state index in [4.69, 9.17) is 5.73 Å². The van der Waals surface area contributed by atoms with Gasteiger partial charge in [-0.25, -0.2) is 9.97 Å². The van der Waals surface area contributed by atoms with Crippen molar-refractivity contribution in [3.8, 4) is 0 Å². The summed E-state index contributed by atoms with van der Waals surface area (Å²) >= 11 is 0. The number of nitrogens with zero attached hydrogens (tertiary/aromatic N) is 3. The molecule has 2 atom stereocenters. The molecule has 2 heterocycles. The molecule has 2 aromatic heterocycles. The van der Waals surface area contributed by atoms with Crippen LogP contribution in [0.1, 0.15) is 52.0 Å². The molecule has 0 radical (unpaired) electrons. The summed E-state index contributed by atoms with van der Waals surface area (Å²) in [6.45, 7) is 8.61. The standard InChI is InChI=1S/C14H22N4/c1-5-10(4)12(15)14-17-11-7-6-8-16-13(11)18(14)9(2)3/h6-10,12H,5,15H2,1-4H3. The predicted octanol–water partition coefficient (Wildman–Crippen LogP) is 3.06. The molecule has 18 heavy (non-hydrogen) atoms. The van der Waals surface area contributed by atoms with Gasteiger partial charge in [-0.3, -0.25) is 0 Å². The van der Waals surface area contributed by atoms with Gasteiger partial charge in [-0.15, -0.1) is 0 Å². The lowest BCUT2D eigenvalue weighted by atomic mass is 9.99. The molecule has 0 bridgehead atoms. The fraction of sp³-hybridized carbons (Fsp3) is 0.571. The normalized spacial score (nSPS) is 15.2. The highest BCUT2D eigenvalue weighted by Crippen LogP contribution is 2.27. The maximum absolute atomic E-state index is 6.34.